The molecule has 3 rings (SSSR count). The van der Waals surface area contributed by atoms with Gasteiger partial charge >= 0.3 is 5.97 Å². The summed E-state index contributed by atoms with van der Waals surface area (Å²) in [5, 5.41) is 7.67. The van der Waals surface area contributed by atoms with Crippen LogP contribution < -0.4 is 5.32 Å². The quantitative estimate of drug-likeness (QED) is 0.883. The third kappa shape index (κ3) is 2.39. The molecule has 2 heterocycles. The number of nitrogens with one attached hydrogen (secondary N) is 1. The normalized spacial score (nSPS) is 15.5. The number of aromatic nitrogens is 2. The molecule has 1 aliphatic rings. The van der Waals surface area contributed by atoms with Crippen molar-refractivity contribution in [3.05, 3.63) is 53.7 Å². The van der Waals surface area contributed by atoms with Gasteiger partial charge in [0.2, 0.25) is 0 Å². The van der Waals surface area contributed by atoms with Gasteiger partial charge in [-0.2, -0.15) is 5.10 Å². The van der Waals surface area contributed by atoms with Gasteiger partial charge < -0.3 is 10.1 Å². The zero-order valence-electron chi connectivity index (χ0n) is 13.0. The molecule has 5 nitrogen and oxygen atoms in total. The van der Waals surface area contributed by atoms with Crippen LogP contribution in [-0.2, 0) is 10.3 Å². The number of hydrogen-bond donors (Lipinski definition) is 1. The number of hydrogen-bond acceptors (Lipinski definition) is 4. The van der Waals surface area contributed by atoms with Gasteiger partial charge in [0.15, 0.2) is 0 Å². The van der Waals surface area contributed by atoms with Crippen molar-refractivity contribution in [3.8, 4) is 0 Å². The van der Waals surface area contributed by atoms with Crippen LogP contribution in [0, 0.1) is 0 Å². The van der Waals surface area contributed by atoms with E-state index in [9.17, 15) is 4.79 Å². The van der Waals surface area contributed by atoms with Gasteiger partial charge in [0, 0.05) is 5.70 Å². The third-order valence-corrected chi connectivity index (χ3v) is 3.65. The molecule has 0 amide bonds. The highest BCUT2D eigenvalue weighted by molar-refractivity contribution is 5.97. The van der Waals surface area contributed by atoms with E-state index in [-0.39, 0.29) is 11.5 Å². The van der Waals surface area contributed by atoms with Crippen LogP contribution in [0.3, 0.4) is 0 Å². The summed E-state index contributed by atoms with van der Waals surface area (Å²) >= 11 is 0. The molecule has 0 saturated carbocycles. The average molecular weight is 297 g/mol. The monoisotopic (exact) mass is 297 g/mol. The number of allylic oxidation sites excluding steroid dienone is 1. The molecule has 1 aliphatic heterocycles. The van der Waals surface area contributed by atoms with Crippen LogP contribution in [0.25, 0.3) is 5.70 Å². The Morgan fingerprint density at radius 3 is 2.73 bits per heavy atom. The Balaban J connectivity index is 2.04. The Bertz CT molecular complexity index is 730. The fourth-order valence-electron chi connectivity index (χ4n) is 2.62. The van der Waals surface area contributed by atoms with Crippen LogP contribution in [0.2, 0.25) is 0 Å². The summed E-state index contributed by atoms with van der Waals surface area (Å²) < 4.78 is 6.92. The molecule has 1 N–H and O–H groups in total. The second kappa shape index (κ2) is 5.33. The lowest BCUT2D eigenvalue weighted by atomic mass is 9.98. The third-order valence-electron chi connectivity index (χ3n) is 3.65. The molecular weight excluding hydrogens is 278 g/mol. The van der Waals surface area contributed by atoms with Crippen molar-refractivity contribution in [3.63, 3.8) is 0 Å². The SMILES string of the molecule is CCOC(=O)c1cnn2c1NC(c1ccccc1)=CC2(C)C. The number of fused-ring (bicyclic) bond motifs is 1. The molecule has 0 atom stereocenters. The number of rotatable bonds is 3. The van der Waals surface area contributed by atoms with E-state index in [2.05, 4.69) is 30.3 Å². The minimum Gasteiger partial charge on any atom is -0.462 e. The van der Waals surface area contributed by atoms with Gasteiger partial charge in [0.1, 0.15) is 11.4 Å². The minimum absolute atomic E-state index is 0.337. The van der Waals surface area contributed by atoms with Crippen molar-refractivity contribution in [2.75, 3.05) is 11.9 Å². The van der Waals surface area contributed by atoms with Crippen molar-refractivity contribution >= 4 is 17.5 Å². The highest BCUT2D eigenvalue weighted by atomic mass is 16.5. The summed E-state index contributed by atoms with van der Waals surface area (Å²) in [5.74, 6) is 0.311. The van der Waals surface area contributed by atoms with Crippen LogP contribution in [0.15, 0.2) is 42.6 Å². The van der Waals surface area contributed by atoms with Crippen molar-refractivity contribution in [2.45, 2.75) is 26.3 Å². The largest absolute Gasteiger partial charge is 0.462 e. The van der Waals surface area contributed by atoms with E-state index in [1.807, 2.05) is 35.0 Å². The van der Waals surface area contributed by atoms with Gasteiger partial charge in [-0.05, 0) is 32.4 Å². The summed E-state index contributed by atoms with van der Waals surface area (Å²) in [6, 6.07) is 10.0. The summed E-state index contributed by atoms with van der Waals surface area (Å²) in [4.78, 5) is 12.1. The van der Waals surface area contributed by atoms with Gasteiger partial charge in [0.05, 0.1) is 18.3 Å². The molecule has 0 radical (unpaired) electrons. The lowest BCUT2D eigenvalue weighted by Crippen LogP contribution is -2.31. The van der Waals surface area contributed by atoms with Gasteiger partial charge in [-0.25, -0.2) is 9.48 Å². The first-order valence-electron chi connectivity index (χ1n) is 7.34. The van der Waals surface area contributed by atoms with Crippen LogP contribution in [0.5, 0.6) is 0 Å². The first-order chi connectivity index (χ1) is 10.5. The van der Waals surface area contributed by atoms with Gasteiger partial charge in [-0.1, -0.05) is 30.3 Å². The molecular formula is C17H19N3O2. The lowest BCUT2D eigenvalue weighted by Gasteiger charge is -2.31. The molecule has 0 aliphatic carbocycles. The highest BCUT2D eigenvalue weighted by Crippen LogP contribution is 2.35. The molecule has 114 valence electrons. The molecule has 1 aromatic carbocycles. The summed E-state index contributed by atoms with van der Waals surface area (Å²) in [6.07, 6.45) is 3.67. The molecule has 0 bridgehead atoms. The lowest BCUT2D eigenvalue weighted by molar-refractivity contribution is 0.0527. The number of ether oxygens (including phenoxy) is 1. The van der Waals surface area contributed by atoms with Crippen LogP contribution in [-0.4, -0.2) is 22.4 Å². The maximum Gasteiger partial charge on any atom is 0.343 e. The summed E-state index contributed by atoms with van der Waals surface area (Å²) in [7, 11) is 0. The van der Waals surface area contributed by atoms with Crippen molar-refractivity contribution in [2.24, 2.45) is 0 Å². The van der Waals surface area contributed by atoms with E-state index in [1.165, 1.54) is 0 Å². The van der Waals surface area contributed by atoms with Gasteiger partial charge in [0.25, 0.3) is 0 Å². The maximum absolute atomic E-state index is 12.1. The van der Waals surface area contributed by atoms with Crippen molar-refractivity contribution < 1.29 is 9.53 Å². The van der Waals surface area contributed by atoms with E-state index in [1.54, 1.807) is 13.1 Å². The van der Waals surface area contributed by atoms with E-state index >= 15 is 0 Å². The molecule has 0 unspecified atom stereocenters. The van der Waals surface area contributed by atoms with E-state index < -0.39 is 0 Å². The zero-order chi connectivity index (χ0) is 15.7. The fourth-order valence-corrected chi connectivity index (χ4v) is 2.62. The molecule has 5 heteroatoms. The predicted molar refractivity (Wildman–Crippen MR) is 85.5 cm³/mol. The van der Waals surface area contributed by atoms with E-state index in [4.69, 9.17) is 4.74 Å². The molecule has 1 aromatic heterocycles. The first-order valence-corrected chi connectivity index (χ1v) is 7.34. The number of anilines is 1. The van der Waals surface area contributed by atoms with Crippen molar-refractivity contribution in [1.82, 2.24) is 9.78 Å². The van der Waals surface area contributed by atoms with Crippen LogP contribution >= 0.6 is 0 Å². The molecule has 2 aromatic rings. The second-order valence-corrected chi connectivity index (χ2v) is 5.74. The summed E-state index contributed by atoms with van der Waals surface area (Å²) in [5.41, 5.74) is 2.15. The predicted octanol–water partition coefficient (Wildman–Crippen LogP) is 3.26. The van der Waals surface area contributed by atoms with Gasteiger partial charge in [-0.15, -0.1) is 0 Å². The Kier molecular flexibility index (Phi) is 3.48. The second-order valence-electron chi connectivity index (χ2n) is 5.74. The Morgan fingerprint density at radius 1 is 1.32 bits per heavy atom. The number of benzene rings is 1. The van der Waals surface area contributed by atoms with E-state index in [0.29, 0.717) is 18.0 Å². The molecule has 0 spiro atoms. The summed E-state index contributed by atoms with van der Waals surface area (Å²) in [6.45, 7) is 6.25. The first kappa shape index (κ1) is 14.4. The number of esters is 1. The van der Waals surface area contributed by atoms with Gasteiger partial charge in [-0.3, -0.25) is 0 Å². The fraction of sp³-hybridized carbons (Fsp3) is 0.294. The standard InChI is InChI=1S/C17H19N3O2/c1-4-22-16(21)13-11-18-20-15(13)19-14(10-17(20,2)3)12-8-6-5-7-9-12/h5-11,19H,4H2,1-3H3. The molecule has 0 saturated heterocycles. The highest BCUT2D eigenvalue weighted by Gasteiger charge is 2.31. The van der Waals surface area contributed by atoms with Crippen molar-refractivity contribution in [1.29, 1.82) is 0 Å². The smallest absolute Gasteiger partial charge is 0.343 e. The number of carbonyl (C=O) groups excluding carboxylic acids is 1. The number of nitrogens with zero attached hydrogens (tertiary/aromatic N) is 2. The molecule has 22 heavy (non-hydrogen) atoms. The molecule has 0 fully saturated rings. The Labute approximate surface area is 129 Å². The van der Waals surface area contributed by atoms with E-state index in [0.717, 1.165) is 11.3 Å². The Morgan fingerprint density at radius 2 is 2.05 bits per heavy atom. The topological polar surface area (TPSA) is 56.1 Å². The van der Waals surface area contributed by atoms with Crippen LogP contribution in [0.1, 0.15) is 36.7 Å². The Hall–Kier alpha value is -2.56. The van der Waals surface area contributed by atoms with Crippen LogP contribution in [0.4, 0.5) is 5.82 Å². The zero-order valence-corrected chi connectivity index (χ0v) is 13.0. The maximum atomic E-state index is 12.1. The number of carbonyl (C=O) groups is 1. The average Bonchev–Trinajstić information content (AvgIpc) is 2.93. The minimum atomic E-state index is -0.360.